The topological polar surface area (TPSA) is 55.5 Å². The quantitative estimate of drug-likeness (QED) is 0.568. The van der Waals surface area contributed by atoms with Crippen molar-refractivity contribution < 1.29 is 4.39 Å². The van der Waals surface area contributed by atoms with Crippen LogP contribution in [-0.2, 0) is 6.42 Å². The van der Waals surface area contributed by atoms with E-state index in [2.05, 4.69) is 39.4 Å². The first-order valence-corrected chi connectivity index (χ1v) is 9.53. The van der Waals surface area contributed by atoms with Crippen molar-refractivity contribution in [3.8, 4) is 0 Å². The predicted molar refractivity (Wildman–Crippen MR) is 106 cm³/mol. The Balaban J connectivity index is 1.48. The van der Waals surface area contributed by atoms with Crippen LogP contribution < -0.4 is 10.6 Å². The molecule has 26 heavy (non-hydrogen) atoms. The number of nitrogens with one attached hydrogen (secondary N) is 3. The second kappa shape index (κ2) is 8.54. The molecule has 0 saturated carbocycles. The van der Waals surface area contributed by atoms with Crippen LogP contribution in [0.15, 0.2) is 29.4 Å². The zero-order valence-electron chi connectivity index (χ0n) is 16.0. The van der Waals surface area contributed by atoms with Crippen molar-refractivity contribution in [2.24, 2.45) is 4.99 Å². The van der Waals surface area contributed by atoms with Crippen LogP contribution in [0.1, 0.15) is 32.3 Å². The Morgan fingerprint density at radius 1 is 1.35 bits per heavy atom. The molecule has 6 heteroatoms. The Kier molecular flexibility index (Phi) is 6.14. The molecule has 0 atom stereocenters. The minimum absolute atomic E-state index is 0.198. The number of halogens is 1. The van der Waals surface area contributed by atoms with Crippen LogP contribution in [-0.4, -0.2) is 54.6 Å². The van der Waals surface area contributed by atoms with E-state index in [1.165, 1.54) is 6.07 Å². The summed E-state index contributed by atoms with van der Waals surface area (Å²) >= 11 is 0. The summed E-state index contributed by atoms with van der Waals surface area (Å²) in [5.41, 5.74) is 2.09. The molecule has 0 radical (unpaired) electrons. The molecular weight excluding hydrogens is 329 g/mol. The number of benzene rings is 1. The zero-order chi connectivity index (χ0) is 18.5. The van der Waals surface area contributed by atoms with Crippen molar-refractivity contribution in [3.05, 3.63) is 35.8 Å². The van der Waals surface area contributed by atoms with Crippen LogP contribution in [0, 0.1) is 5.82 Å². The number of fused-ring (bicyclic) bond motifs is 1. The van der Waals surface area contributed by atoms with Crippen molar-refractivity contribution >= 4 is 16.9 Å². The van der Waals surface area contributed by atoms with Crippen LogP contribution in [0.25, 0.3) is 10.9 Å². The number of nitrogens with zero attached hydrogens (tertiary/aromatic N) is 2. The van der Waals surface area contributed by atoms with Gasteiger partial charge >= 0.3 is 0 Å². The third-order valence-corrected chi connectivity index (χ3v) is 5.24. The summed E-state index contributed by atoms with van der Waals surface area (Å²) in [6.07, 6.45) is 5.06. The molecular formula is C20H30FN5. The van der Waals surface area contributed by atoms with Crippen LogP contribution >= 0.6 is 0 Å². The lowest BCUT2D eigenvalue weighted by molar-refractivity contribution is 0.167. The smallest absolute Gasteiger partial charge is 0.191 e. The van der Waals surface area contributed by atoms with E-state index in [1.807, 2.05) is 6.20 Å². The first-order valence-electron chi connectivity index (χ1n) is 9.53. The highest BCUT2D eigenvalue weighted by Crippen LogP contribution is 2.19. The molecule has 1 aromatic carbocycles. The van der Waals surface area contributed by atoms with Crippen molar-refractivity contribution in [1.29, 1.82) is 0 Å². The summed E-state index contributed by atoms with van der Waals surface area (Å²) in [4.78, 5) is 10.1. The molecule has 0 aliphatic carbocycles. The average Bonchev–Trinajstić information content (AvgIpc) is 3.03. The summed E-state index contributed by atoms with van der Waals surface area (Å²) in [5, 5.41) is 7.88. The Morgan fingerprint density at radius 3 is 2.81 bits per heavy atom. The van der Waals surface area contributed by atoms with Gasteiger partial charge in [-0.15, -0.1) is 0 Å². The monoisotopic (exact) mass is 359 g/mol. The maximum atomic E-state index is 13.5. The average molecular weight is 359 g/mol. The zero-order valence-corrected chi connectivity index (χ0v) is 16.0. The number of piperidine rings is 1. The van der Waals surface area contributed by atoms with E-state index in [0.29, 0.717) is 12.1 Å². The molecule has 1 aliphatic heterocycles. The maximum Gasteiger partial charge on any atom is 0.191 e. The molecule has 1 saturated heterocycles. The first-order chi connectivity index (χ1) is 12.6. The molecule has 0 bridgehead atoms. The summed E-state index contributed by atoms with van der Waals surface area (Å²) in [6, 6.07) is 5.95. The molecule has 2 aromatic rings. The number of hydrogen-bond donors (Lipinski definition) is 3. The molecule has 3 rings (SSSR count). The molecule has 0 amide bonds. The molecule has 2 heterocycles. The molecule has 1 fully saturated rings. The van der Waals surface area contributed by atoms with Gasteiger partial charge in [-0.1, -0.05) is 0 Å². The Morgan fingerprint density at radius 2 is 2.12 bits per heavy atom. The van der Waals surface area contributed by atoms with Crippen LogP contribution in [0.2, 0.25) is 0 Å². The number of aliphatic imine (C=N–C) groups is 1. The predicted octanol–water partition coefficient (Wildman–Crippen LogP) is 2.89. The van der Waals surface area contributed by atoms with Gasteiger partial charge in [0, 0.05) is 55.9 Å². The van der Waals surface area contributed by atoms with Crippen molar-refractivity contribution in [1.82, 2.24) is 20.5 Å². The first kappa shape index (κ1) is 18.7. The fourth-order valence-electron chi connectivity index (χ4n) is 3.62. The maximum absolute atomic E-state index is 13.5. The number of aromatic amines is 1. The van der Waals surface area contributed by atoms with Crippen LogP contribution in [0.4, 0.5) is 4.39 Å². The van der Waals surface area contributed by atoms with Crippen LogP contribution in [0.5, 0.6) is 0 Å². The third-order valence-electron chi connectivity index (χ3n) is 5.24. The molecule has 1 aliphatic rings. The lowest BCUT2D eigenvalue weighted by Gasteiger charge is -2.35. The van der Waals surface area contributed by atoms with Gasteiger partial charge in [0.25, 0.3) is 0 Å². The molecule has 1 aromatic heterocycles. The van der Waals surface area contributed by atoms with E-state index >= 15 is 0 Å². The van der Waals surface area contributed by atoms with Gasteiger partial charge in [0.05, 0.1) is 0 Å². The highest BCUT2D eigenvalue weighted by Gasteiger charge is 2.21. The Labute approximate surface area is 155 Å². The summed E-state index contributed by atoms with van der Waals surface area (Å²) in [7, 11) is 1.81. The highest BCUT2D eigenvalue weighted by atomic mass is 19.1. The van der Waals surface area contributed by atoms with E-state index < -0.39 is 0 Å². The standard InChI is InChI=1S/C20H30FN5/c1-14(2)26-10-7-17(8-11-26)25-20(22-3)23-9-6-15-13-24-19-5-4-16(21)12-18(15)19/h4-5,12-14,17,24H,6-11H2,1-3H3,(H2,22,23,25). The van der Waals surface area contributed by atoms with E-state index in [9.17, 15) is 4.39 Å². The number of aromatic nitrogens is 1. The molecule has 0 unspecified atom stereocenters. The van der Waals surface area contributed by atoms with Gasteiger partial charge in [-0.05, 0) is 56.9 Å². The summed E-state index contributed by atoms with van der Waals surface area (Å²) in [6.45, 7) is 7.53. The lowest BCUT2D eigenvalue weighted by Crippen LogP contribution is -2.50. The normalized spacial score (nSPS) is 17.2. The molecule has 3 N–H and O–H groups in total. The second-order valence-corrected chi connectivity index (χ2v) is 7.30. The van der Waals surface area contributed by atoms with E-state index in [4.69, 9.17) is 0 Å². The van der Waals surface area contributed by atoms with E-state index in [1.54, 1.807) is 19.2 Å². The van der Waals surface area contributed by atoms with Crippen molar-refractivity contribution in [2.45, 2.75) is 45.2 Å². The minimum atomic E-state index is -0.198. The van der Waals surface area contributed by atoms with Gasteiger partial charge in [-0.25, -0.2) is 4.39 Å². The van der Waals surface area contributed by atoms with Gasteiger partial charge in [0.1, 0.15) is 5.82 Å². The Hall–Kier alpha value is -2.08. The Bertz CT molecular complexity index is 744. The van der Waals surface area contributed by atoms with Gasteiger partial charge in [-0.3, -0.25) is 4.99 Å². The lowest BCUT2D eigenvalue weighted by atomic mass is 10.0. The van der Waals surface area contributed by atoms with Gasteiger partial charge in [0.2, 0.25) is 0 Å². The van der Waals surface area contributed by atoms with E-state index in [-0.39, 0.29) is 5.82 Å². The molecule has 142 valence electrons. The summed E-state index contributed by atoms with van der Waals surface area (Å²) in [5.74, 6) is 0.649. The number of likely N-dealkylation sites (tertiary alicyclic amines) is 1. The van der Waals surface area contributed by atoms with Crippen LogP contribution in [0.3, 0.4) is 0 Å². The number of hydrogen-bond acceptors (Lipinski definition) is 2. The number of guanidine groups is 1. The fraction of sp³-hybridized carbons (Fsp3) is 0.550. The van der Waals surface area contributed by atoms with Gasteiger partial charge in [0.15, 0.2) is 5.96 Å². The largest absolute Gasteiger partial charge is 0.361 e. The SMILES string of the molecule is CN=C(NCCc1c[nH]c2ccc(F)cc12)NC1CCN(C(C)C)CC1. The molecule has 0 spiro atoms. The highest BCUT2D eigenvalue weighted by molar-refractivity contribution is 5.83. The summed E-state index contributed by atoms with van der Waals surface area (Å²) < 4.78 is 13.5. The van der Waals surface area contributed by atoms with Gasteiger partial charge in [-0.2, -0.15) is 0 Å². The van der Waals surface area contributed by atoms with Gasteiger partial charge < -0.3 is 20.5 Å². The fourth-order valence-corrected chi connectivity index (χ4v) is 3.62. The number of H-pyrrole nitrogens is 1. The molecule has 5 nitrogen and oxygen atoms in total. The van der Waals surface area contributed by atoms with E-state index in [0.717, 1.165) is 61.3 Å². The van der Waals surface area contributed by atoms with Crippen molar-refractivity contribution in [2.75, 3.05) is 26.7 Å². The number of rotatable bonds is 5. The third kappa shape index (κ3) is 4.55. The van der Waals surface area contributed by atoms with Crippen molar-refractivity contribution in [3.63, 3.8) is 0 Å². The minimum Gasteiger partial charge on any atom is -0.361 e. The second-order valence-electron chi connectivity index (χ2n) is 7.30.